The van der Waals surface area contributed by atoms with Crippen LogP contribution < -0.4 is 10.6 Å². The molecule has 2 saturated carbocycles. The van der Waals surface area contributed by atoms with Gasteiger partial charge in [0.1, 0.15) is 0 Å². The van der Waals surface area contributed by atoms with Crippen molar-refractivity contribution in [1.82, 2.24) is 10.6 Å². The van der Waals surface area contributed by atoms with E-state index in [-0.39, 0.29) is 37.3 Å². The Morgan fingerprint density at radius 3 is 2.60 bits per heavy atom. The summed E-state index contributed by atoms with van der Waals surface area (Å²) < 4.78 is 26.1. The minimum Gasteiger partial charge on any atom is -0.352 e. The van der Waals surface area contributed by atoms with E-state index in [1.165, 1.54) is 25.7 Å². The lowest BCUT2D eigenvalue weighted by atomic mass is 9.79. The summed E-state index contributed by atoms with van der Waals surface area (Å²) in [5.41, 5.74) is 0. The molecule has 3 rings (SSSR count). The van der Waals surface area contributed by atoms with Crippen molar-refractivity contribution >= 4 is 18.3 Å². The first-order chi connectivity index (χ1) is 9.03. The number of rotatable bonds is 2. The highest BCUT2D eigenvalue weighted by molar-refractivity contribution is 5.85. The van der Waals surface area contributed by atoms with Crippen LogP contribution in [0.1, 0.15) is 44.9 Å². The van der Waals surface area contributed by atoms with Crippen LogP contribution in [-0.4, -0.2) is 30.5 Å². The van der Waals surface area contributed by atoms with E-state index < -0.39 is 12.0 Å². The fraction of sp³-hybridized carbons (Fsp3) is 0.929. The molecule has 4 unspecified atom stereocenters. The lowest BCUT2D eigenvalue weighted by Crippen LogP contribution is -2.47. The summed E-state index contributed by atoms with van der Waals surface area (Å²) in [6, 6.07) is -0.515. The molecule has 116 valence electrons. The second-order valence-corrected chi connectivity index (χ2v) is 6.46. The Bertz CT molecular complexity index is 367. The molecule has 6 heteroatoms. The van der Waals surface area contributed by atoms with Gasteiger partial charge in [0.25, 0.3) is 5.92 Å². The quantitative estimate of drug-likeness (QED) is 0.823. The third-order valence-corrected chi connectivity index (χ3v) is 5.06. The summed E-state index contributed by atoms with van der Waals surface area (Å²) in [6.45, 7) is -0.375. The van der Waals surface area contributed by atoms with Gasteiger partial charge in [0.15, 0.2) is 0 Å². The van der Waals surface area contributed by atoms with Crippen LogP contribution in [0.15, 0.2) is 0 Å². The molecule has 1 heterocycles. The van der Waals surface area contributed by atoms with Crippen molar-refractivity contribution in [2.45, 2.75) is 63.0 Å². The first-order valence-corrected chi connectivity index (χ1v) is 7.45. The van der Waals surface area contributed by atoms with E-state index in [0.29, 0.717) is 0 Å². The third-order valence-electron chi connectivity index (χ3n) is 5.06. The number of fused-ring (bicyclic) bond motifs is 1. The van der Waals surface area contributed by atoms with Crippen LogP contribution in [0.4, 0.5) is 8.78 Å². The fourth-order valence-electron chi connectivity index (χ4n) is 4.04. The summed E-state index contributed by atoms with van der Waals surface area (Å²) in [7, 11) is 0. The third kappa shape index (κ3) is 3.42. The van der Waals surface area contributed by atoms with Gasteiger partial charge < -0.3 is 5.32 Å². The number of hydrogen-bond donors (Lipinski definition) is 2. The predicted octanol–water partition coefficient (Wildman–Crippen LogP) is 2.49. The Labute approximate surface area is 124 Å². The standard InChI is InChI=1S/C14H22F2N2O.ClH/c15-14(16)7-12(17-8-14)13(19)18-11-5-4-9-2-1-3-10(9)6-11;/h9-12,17H,1-8H2,(H,18,19);1H. The lowest BCUT2D eigenvalue weighted by Gasteiger charge is -2.32. The van der Waals surface area contributed by atoms with E-state index in [1.807, 2.05) is 0 Å². The van der Waals surface area contributed by atoms with E-state index in [0.717, 1.165) is 24.7 Å². The molecule has 2 N–H and O–H groups in total. The molecule has 3 aliphatic rings. The highest BCUT2D eigenvalue weighted by Gasteiger charge is 2.43. The maximum Gasteiger partial charge on any atom is 0.262 e. The number of alkyl halides is 2. The van der Waals surface area contributed by atoms with Gasteiger partial charge in [-0.25, -0.2) is 8.78 Å². The van der Waals surface area contributed by atoms with E-state index in [2.05, 4.69) is 10.6 Å². The summed E-state index contributed by atoms with van der Waals surface area (Å²) >= 11 is 0. The van der Waals surface area contributed by atoms with Crippen LogP contribution in [0.5, 0.6) is 0 Å². The molecule has 1 amide bonds. The summed E-state index contributed by atoms with van der Waals surface area (Å²) in [5.74, 6) is -1.37. The van der Waals surface area contributed by atoms with Gasteiger partial charge in [-0.1, -0.05) is 19.3 Å². The van der Waals surface area contributed by atoms with Gasteiger partial charge in [0.05, 0.1) is 12.6 Å². The molecule has 0 radical (unpaired) electrons. The zero-order valence-electron chi connectivity index (χ0n) is 11.5. The lowest BCUT2D eigenvalue weighted by molar-refractivity contribution is -0.124. The molecular formula is C14H23ClF2N2O. The molecule has 20 heavy (non-hydrogen) atoms. The van der Waals surface area contributed by atoms with Crippen molar-refractivity contribution in [2.24, 2.45) is 11.8 Å². The van der Waals surface area contributed by atoms with E-state index in [4.69, 9.17) is 0 Å². The molecule has 0 aromatic carbocycles. The predicted molar refractivity (Wildman–Crippen MR) is 75.2 cm³/mol. The highest BCUT2D eigenvalue weighted by Crippen LogP contribution is 2.42. The van der Waals surface area contributed by atoms with Gasteiger partial charge in [0.2, 0.25) is 5.91 Å². The molecule has 2 aliphatic carbocycles. The zero-order valence-corrected chi connectivity index (χ0v) is 12.4. The zero-order chi connectivity index (χ0) is 13.5. The number of nitrogens with one attached hydrogen (secondary N) is 2. The van der Waals surface area contributed by atoms with Gasteiger partial charge in [-0.05, 0) is 31.1 Å². The summed E-state index contributed by atoms with van der Waals surface area (Å²) in [6.07, 6.45) is 6.79. The molecule has 0 spiro atoms. The Morgan fingerprint density at radius 1 is 1.15 bits per heavy atom. The van der Waals surface area contributed by atoms with Crippen LogP contribution in [-0.2, 0) is 4.79 Å². The second kappa shape index (κ2) is 6.14. The van der Waals surface area contributed by atoms with Crippen molar-refractivity contribution in [1.29, 1.82) is 0 Å². The van der Waals surface area contributed by atoms with Crippen LogP contribution in [0.25, 0.3) is 0 Å². The van der Waals surface area contributed by atoms with Gasteiger partial charge in [-0.3, -0.25) is 10.1 Å². The molecule has 1 saturated heterocycles. The van der Waals surface area contributed by atoms with Crippen LogP contribution in [0.3, 0.4) is 0 Å². The van der Waals surface area contributed by atoms with Crippen LogP contribution in [0, 0.1) is 11.8 Å². The Balaban J connectivity index is 0.00000147. The Kier molecular flexibility index (Phi) is 4.90. The molecule has 3 nitrogen and oxygen atoms in total. The highest BCUT2D eigenvalue weighted by atomic mass is 35.5. The van der Waals surface area contributed by atoms with Crippen molar-refractivity contribution in [2.75, 3.05) is 6.54 Å². The van der Waals surface area contributed by atoms with Gasteiger partial charge >= 0.3 is 0 Å². The van der Waals surface area contributed by atoms with Gasteiger partial charge in [-0.2, -0.15) is 0 Å². The minimum atomic E-state index is -2.73. The number of hydrogen-bond acceptors (Lipinski definition) is 2. The minimum absolute atomic E-state index is 0. The summed E-state index contributed by atoms with van der Waals surface area (Å²) in [5, 5.41) is 5.60. The molecule has 1 aliphatic heterocycles. The SMILES string of the molecule is Cl.O=C(NC1CCC2CCCC2C1)C1CC(F)(F)CN1. The molecule has 0 aromatic rings. The molecular weight excluding hydrogens is 286 g/mol. The van der Waals surface area contributed by atoms with Crippen molar-refractivity contribution < 1.29 is 13.6 Å². The number of amides is 1. The monoisotopic (exact) mass is 308 g/mol. The smallest absolute Gasteiger partial charge is 0.262 e. The largest absolute Gasteiger partial charge is 0.352 e. The van der Waals surface area contributed by atoms with Crippen LogP contribution in [0.2, 0.25) is 0 Å². The topological polar surface area (TPSA) is 41.1 Å². The van der Waals surface area contributed by atoms with Crippen molar-refractivity contribution in [3.8, 4) is 0 Å². The molecule has 0 bridgehead atoms. The molecule has 4 atom stereocenters. The summed E-state index contributed by atoms with van der Waals surface area (Å²) in [4.78, 5) is 12.0. The number of carbonyl (C=O) groups excluding carboxylic acids is 1. The second-order valence-electron chi connectivity index (χ2n) is 6.46. The average molecular weight is 309 g/mol. The molecule has 0 aromatic heterocycles. The fourth-order valence-corrected chi connectivity index (χ4v) is 4.04. The maximum absolute atomic E-state index is 13.1. The van der Waals surface area contributed by atoms with E-state index >= 15 is 0 Å². The average Bonchev–Trinajstić information content (AvgIpc) is 2.94. The Hall–Kier alpha value is -0.420. The normalized spacial score (nSPS) is 38.9. The van der Waals surface area contributed by atoms with Crippen LogP contribution >= 0.6 is 12.4 Å². The van der Waals surface area contributed by atoms with Crippen molar-refractivity contribution in [3.63, 3.8) is 0 Å². The van der Waals surface area contributed by atoms with Crippen molar-refractivity contribution in [3.05, 3.63) is 0 Å². The Morgan fingerprint density at radius 2 is 1.90 bits per heavy atom. The van der Waals surface area contributed by atoms with E-state index in [9.17, 15) is 13.6 Å². The van der Waals surface area contributed by atoms with Gasteiger partial charge in [0, 0.05) is 12.5 Å². The first kappa shape index (κ1) is 16.0. The number of halogens is 3. The number of carbonyl (C=O) groups is 1. The maximum atomic E-state index is 13.1. The molecule has 3 fully saturated rings. The first-order valence-electron chi connectivity index (χ1n) is 7.45. The van der Waals surface area contributed by atoms with E-state index in [1.54, 1.807) is 0 Å². The van der Waals surface area contributed by atoms with Gasteiger partial charge in [-0.15, -0.1) is 12.4 Å².